The Morgan fingerprint density at radius 1 is 1.50 bits per heavy atom. The molecule has 0 saturated carbocycles. The van der Waals surface area contributed by atoms with E-state index in [4.69, 9.17) is 10.5 Å². The molecule has 0 unspecified atom stereocenters. The molecule has 0 aromatic carbocycles. The number of hydrogen-bond acceptors (Lipinski definition) is 5. The minimum atomic E-state index is -0.523. The maximum absolute atomic E-state index is 11.3. The lowest BCUT2D eigenvalue weighted by atomic mass is 10.1. The molecule has 0 bridgehead atoms. The van der Waals surface area contributed by atoms with E-state index in [0.717, 1.165) is 31.1 Å². The molecular formula is C11H22N4O2S. The molecule has 1 heterocycles. The number of amides is 1. The predicted octanol–water partition coefficient (Wildman–Crippen LogP) is 1.18. The van der Waals surface area contributed by atoms with Gasteiger partial charge in [0.1, 0.15) is 0 Å². The number of hydrazone groups is 1. The fourth-order valence-electron chi connectivity index (χ4n) is 1.67. The Morgan fingerprint density at radius 3 is 2.61 bits per heavy atom. The van der Waals surface area contributed by atoms with Gasteiger partial charge in [-0.15, -0.1) is 5.10 Å². The van der Waals surface area contributed by atoms with E-state index in [1.807, 2.05) is 6.26 Å². The van der Waals surface area contributed by atoms with Gasteiger partial charge in [0.05, 0.1) is 6.10 Å². The molecular weight excluding hydrogens is 252 g/mol. The summed E-state index contributed by atoms with van der Waals surface area (Å²) in [6.07, 6.45) is 3.17. The van der Waals surface area contributed by atoms with Crippen LogP contribution in [0.15, 0.2) is 5.10 Å². The molecule has 104 valence electrons. The summed E-state index contributed by atoms with van der Waals surface area (Å²) in [5, 5.41) is 4.88. The van der Waals surface area contributed by atoms with E-state index in [-0.39, 0.29) is 12.1 Å². The number of nitrogens with one attached hydrogen (secondary N) is 1. The summed E-state index contributed by atoms with van der Waals surface area (Å²) in [5.74, 6) is 0. The molecule has 0 spiro atoms. The second kappa shape index (κ2) is 7.48. The molecule has 0 atom stereocenters. The molecule has 1 aliphatic heterocycles. The third-order valence-corrected chi connectivity index (χ3v) is 3.29. The van der Waals surface area contributed by atoms with Crippen molar-refractivity contribution in [3.8, 4) is 0 Å². The number of hydrogen-bond donors (Lipinski definition) is 2. The summed E-state index contributed by atoms with van der Waals surface area (Å²) in [5.41, 5.74) is 8.26. The van der Waals surface area contributed by atoms with Crippen LogP contribution in [0.25, 0.3) is 0 Å². The lowest BCUT2D eigenvalue weighted by Crippen LogP contribution is -2.42. The van der Waals surface area contributed by atoms with Crippen LogP contribution in [0.4, 0.5) is 4.79 Å². The quantitative estimate of drug-likeness (QED) is 0.449. The van der Waals surface area contributed by atoms with Gasteiger partial charge in [0, 0.05) is 19.1 Å². The molecule has 1 amide bonds. The summed E-state index contributed by atoms with van der Waals surface area (Å²) in [6.45, 7) is 5.35. The summed E-state index contributed by atoms with van der Waals surface area (Å²) in [4.78, 5) is 13.4. The maximum Gasteiger partial charge on any atom is 0.428 e. The Bertz CT molecular complexity index is 301. The van der Waals surface area contributed by atoms with Crippen molar-refractivity contribution in [3.63, 3.8) is 0 Å². The molecule has 0 aromatic heterocycles. The summed E-state index contributed by atoms with van der Waals surface area (Å²) in [6, 6.07) is 0.281. The number of likely N-dealkylation sites (tertiary alicyclic amines) is 1. The van der Waals surface area contributed by atoms with Crippen molar-refractivity contribution < 1.29 is 9.53 Å². The number of thioether (sulfide) groups is 1. The first-order chi connectivity index (χ1) is 8.52. The number of nitrogens with zero attached hydrogens (tertiary/aromatic N) is 2. The van der Waals surface area contributed by atoms with Crippen molar-refractivity contribution in [3.05, 3.63) is 0 Å². The Balaban J connectivity index is 2.47. The van der Waals surface area contributed by atoms with Gasteiger partial charge in [-0.05, 0) is 32.9 Å². The van der Waals surface area contributed by atoms with Gasteiger partial charge < -0.3 is 15.4 Å². The van der Waals surface area contributed by atoms with Crippen molar-refractivity contribution >= 4 is 23.0 Å². The summed E-state index contributed by atoms with van der Waals surface area (Å²) >= 11 is 1.50. The van der Waals surface area contributed by atoms with Crippen LogP contribution in [0.3, 0.4) is 0 Å². The van der Waals surface area contributed by atoms with Crippen LogP contribution in [-0.4, -0.2) is 47.7 Å². The lowest BCUT2D eigenvalue weighted by Gasteiger charge is -2.31. The maximum atomic E-state index is 11.3. The van der Waals surface area contributed by atoms with E-state index in [2.05, 4.69) is 15.4 Å². The van der Waals surface area contributed by atoms with E-state index in [1.54, 1.807) is 13.8 Å². The third-order valence-electron chi connectivity index (χ3n) is 2.58. The van der Waals surface area contributed by atoms with Gasteiger partial charge in [-0.1, -0.05) is 11.8 Å². The molecule has 0 aliphatic carbocycles. The van der Waals surface area contributed by atoms with E-state index >= 15 is 0 Å². The highest BCUT2D eigenvalue weighted by atomic mass is 32.2. The van der Waals surface area contributed by atoms with Crippen LogP contribution in [0.2, 0.25) is 0 Å². The zero-order chi connectivity index (χ0) is 13.5. The van der Waals surface area contributed by atoms with Gasteiger partial charge >= 0.3 is 6.09 Å². The number of ether oxygens (including phenoxy) is 1. The number of carbonyl (C=O) groups is 1. The fraction of sp³-hybridized carbons (Fsp3) is 0.818. The Morgan fingerprint density at radius 2 is 2.11 bits per heavy atom. The SMILES string of the molecule is CS/C(=N\NC(=O)OC(C)C)N1CCC(N)CC1. The van der Waals surface area contributed by atoms with Crippen LogP contribution in [0.1, 0.15) is 26.7 Å². The van der Waals surface area contributed by atoms with Crippen LogP contribution >= 0.6 is 11.8 Å². The summed E-state index contributed by atoms with van der Waals surface area (Å²) < 4.78 is 4.94. The average Bonchev–Trinajstić information content (AvgIpc) is 2.31. The molecule has 7 heteroatoms. The number of rotatable bonds is 2. The molecule has 1 saturated heterocycles. The normalized spacial score (nSPS) is 18.1. The van der Waals surface area contributed by atoms with Crippen LogP contribution in [0, 0.1) is 0 Å². The van der Waals surface area contributed by atoms with E-state index in [1.165, 1.54) is 11.8 Å². The van der Waals surface area contributed by atoms with E-state index < -0.39 is 6.09 Å². The van der Waals surface area contributed by atoms with Gasteiger partial charge in [0.15, 0.2) is 5.17 Å². The van der Waals surface area contributed by atoms with Crippen molar-refractivity contribution in [1.82, 2.24) is 10.3 Å². The largest absolute Gasteiger partial charge is 0.446 e. The van der Waals surface area contributed by atoms with Crippen molar-refractivity contribution in [2.45, 2.75) is 38.8 Å². The number of amidine groups is 1. The zero-order valence-electron chi connectivity index (χ0n) is 11.2. The first-order valence-corrected chi connectivity index (χ1v) is 7.34. The number of carbonyl (C=O) groups excluding carboxylic acids is 1. The molecule has 1 aliphatic rings. The monoisotopic (exact) mass is 274 g/mol. The first kappa shape index (κ1) is 15.1. The van der Waals surface area contributed by atoms with Crippen LogP contribution in [0.5, 0.6) is 0 Å². The molecule has 6 nitrogen and oxygen atoms in total. The highest BCUT2D eigenvalue weighted by Gasteiger charge is 2.19. The second-order valence-corrected chi connectivity index (χ2v) is 5.26. The Labute approximate surface area is 112 Å². The molecule has 3 N–H and O–H groups in total. The van der Waals surface area contributed by atoms with Crippen molar-refractivity contribution in [1.29, 1.82) is 0 Å². The Hall–Kier alpha value is -0.950. The predicted molar refractivity (Wildman–Crippen MR) is 74.5 cm³/mol. The van der Waals surface area contributed by atoms with Gasteiger partial charge in [0.25, 0.3) is 0 Å². The molecule has 0 aromatic rings. The lowest BCUT2D eigenvalue weighted by molar-refractivity contribution is 0.116. The molecule has 0 radical (unpaired) electrons. The number of nitrogens with two attached hydrogens (primary N) is 1. The minimum absolute atomic E-state index is 0.147. The number of piperidine rings is 1. The molecule has 18 heavy (non-hydrogen) atoms. The van der Waals surface area contributed by atoms with Crippen molar-refractivity contribution in [2.75, 3.05) is 19.3 Å². The van der Waals surface area contributed by atoms with Gasteiger partial charge in [-0.3, -0.25) is 0 Å². The van der Waals surface area contributed by atoms with Gasteiger partial charge in [0.2, 0.25) is 0 Å². The average molecular weight is 274 g/mol. The molecule has 1 fully saturated rings. The standard InChI is InChI=1S/C11H22N4O2S/c1-8(2)17-11(16)14-13-10(18-3)15-6-4-9(12)5-7-15/h8-9H,4-7,12H2,1-3H3,(H,14,16)/b13-10-. The van der Waals surface area contributed by atoms with Crippen LogP contribution in [-0.2, 0) is 4.74 Å². The first-order valence-electron chi connectivity index (χ1n) is 6.11. The van der Waals surface area contributed by atoms with E-state index in [9.17, 15) is 4.79 Å². The summed E-state index contributed by atoms with van der Waals surface area (Å²) in [7, 11) is 0. The topological polar surface area (TPSA) is 80.0 Å². The Kier molecular flexibility index (Phi) is 6.28. The second-order valence-electron chi connectivity index (χ2n) is 4.49. The molecule has 1 rings (SSSR count). The smallest absolute Gasteiger partial charge is 0.428 e. The van der Waals surface area contributed by atoms with E-state index in [0.29, 0.717) is 0 Å². The van der Waals surface area contributed by atoms with Gasteiger partial charge in [-0.25, -0.2) is 10.2 Å². The highest BCUT2D eigenvalue weighted by molar-refractivity contribution is 8.13. The van der Waals surface area contributed by atoms with Crippen molar-refractivity contribution in [2.24, 2.45) is 10.8 Å². The highest BCUT2D eigenvalue weighted by Crippen LogP contribution is 2.13. The van der Waals surface area contributed by atoms with Crippen LogP contribution < -0.4 is 11.2 Å². The van der Waals surface area contributed by atoms with Gasteiger partial charge in [-0.2, -0.15) is 0 Å². The zero-order valence-corrected chi connectivity index (χ0v) is 12.0. The fourth-order valence-corrected chi connectivity index (χ4v) is 2.25. The minimum Gasteiger partial charge on any atom is -0.446 e. The third kappa shape index (κ3) is 5.14.